The molecule has 2 rings (SSSR count). The Hall–Kier alpha value is -0.860. The molecular formula is C18H30N2. The first-order valence-corrected chi connectivity index (χ1v) is 8.13. The summed E-state index contributed by atoms with van der Waals surface area (Å²) in [6.45, 7) is 8.97. The van der Waals surface area contributed by atoms with Gasteiger partial charge in [-0.3, -0.25) is 4.90 Å². The van der Waals surface area contributed by atoms with Gasteiger partial charge in [0.25, 0.3) is 0 Å². The normalized spacial score (nSPS) is 17.9. The molecule has 1 fully saturated rings. The van der Waals surface area contributed by atoms with Crippen molar-refractivity contribution in [1.29, 1.82) is 0 Å². The summed E-state index contributed by atoms with van der Waals surface area (Å²) in [6.07, 6.45) is 5.60. The molecule has 2 heteroatoms. The number of rotatable bonds is 6. The van der Waals surface area contributed by atoms with E-state index >= 15 is 0 Å². The SMILES string of the molecule is CCN(CC(NC)c1cc(C)cc(C)c1)C1CCCC1. The van der Waals surface area contributed by atoms with Crippen molar-refractivity contribution in [2.24, 2.45) is 0 Å². The summed E-state index contributed by atoms with van der Waals surface area (Å²) in [5, 5.41) is 3.52. The number of benzene rings is 1. The minimum atomic E-state index is 0.439. The Labute approximate surface area is 124 Å². The van der Waals surface area contributed by atoms with Crippen LogP contribution < -0.4 is 5.32 Å². The third-order valence-corrected chi connectivity index (χ3v) is 4.66. The summed E-state index contributed by atoms with van der Waals surface area (Å²) in [4.78, 5) is 2.67. The van der Waals surface area contributed by atoms with Crippen molar-refractivity contribution in [2.75, 3.05) is 20.1 Å². The molecule has 0 aliphatic heterocycles. The minimum absolute atomic E-state index is 0.439. The van der Waals surface area contributed by atoms with Gasteiger partial charge in [0.2, 0.25) is 0 Å². The molecule has 1 saturated carbocycles. The van der Waals surface area contributed by atoms with Gasteiger partial charge in [0.1, 0.15) is 0 Å². The molecule has 0 radical (unpaired) electrons. The second kappa shape index (κ2) is 7.24. The Bertz CT molecular complexity index is 401. The molecule has 0 amide bonds. The van der Waals surface area contributed by atoms with Crippen molar-refractivity contribution in [3.63, 3.8) is 0 Å². The molecule has 1 atom stereocenters. The van der Waals surface area contributed by atoms with E-state index in [2.05, 4.69) is 56.2 Å². The van der Waals surface area contributed by atoms with Crippen LogP contribution in [0, 0.1) is 13.8 Å². The molecule has 0 spiro atoms. The summed E-state index contributed by atoms with van der Waals surface area (Å²) < 4.78 is 0. The van der Waals surface area contributed by atoms with Crippen LogP contribution in [-0.2, 0) is 0 Å². The number of likely N-dealkylation sites (N-methyl/N-ethyl adjacent to an activating group) is 2. The van der Waals surface area contributed by atoms with Gasteiger partial charge in [-0.2, -0.15) is 0 Å². The number of nitrogens with one attached hydrogen (secondary N) is 1. The molecule has 2 nitrogen and oxygen atoms in total. The van der Waals surface area contributed by atoms with E-state index in [1.165, 1.54) is 42.4 Å². The molecule has 112 valence electrons. The maximum atomic E-state index is 3.52. The van der Waals surface area contributed by atoms with Crippen LogP contribution in [0.4, 0.5) is 0 Å². The van der Waals surface area contributed by atoms with E-state index in [0.29, 0.717) is 6.04 Å². The Kier molecular flexibility index (Phi) is 5.62. The minimum Gasteiger partial charge on any atom is -0.312 e. The lowest BCUT2D eigenvalue weighted by molar-refractivity contribution is 0.189. The van der Waals surface area contributed by atoms with E-state index in [0.717, 1.165) is 19.1 Å². The standard InChI is InChI=1S/C18H30N2/c1-5-20(17-8-6-7-9-17)13-18(19-4)16-11-14(2)10-15(3)12-16/h10-12,17-19H,5-9,13H2,1-4H3. The molecule has 0 heterocycles. The van der Waals surface area contributed by atoms with Crippen LogP contribution in [-0.4, -0.2) is 31.1 Å². The first-order chi connectivity index (χ1) is 9.63. The molecule has 0 bridgehead atoms. The Morgan fingerprint density at radius 3 is 2.25 bits per heavy atom. The predicted octanol–water partition coefficient (Wildman–Crippen LogP) is 3.83. The van der Waals surface area contributed by atoms with Gasteiger partial charge in [0.15, 0.2) is 0 Å². The lowest BCUT2D eigenvalue weighted by Gasteiger charge is -2.31. The van der Waals surface area contributed by atoms with Gasteiger partial charge >= 0.3 is 0 Å². The number of hydrogen-bond donors (Lipinski definition) is 1. The second-order valence-corrected chi connectivity index (χ2v) is 6.29. The molecule has 1 N–H and O–H groups in total. The number of nitrogens with zero attached hydrogens (tertiary/aromatic N) is 1. The lowest BCUT2D eigenvalue weighted by Crippen LogP contribution is -2.39. The zero-order chi connectivity index (χ0) is 14.5. The fraction of sp³-hybridized carbons (Fsp3) is 0.667. The summed E-state index contributed by atoms with van der Waals surface area (Å²) >= 11 is 0. The average molecular weight is 274 g/mol. The maximum Gasteiger partial charge on any atom is 0.0447 e. The maximum absolute atomic E-state index is 3.52. The van der Waals surface area contributed by atoms with Crippen LogP contribution in [0.1, 0.15) is 55.3 Å². The highest BCUT2D eigenvalue weighted by Crippen LogP contribution is 2.26. The largest absolute Gasteiger partial charge is 0.312 e. The fourth-order valence-electron chi connectivity index (χ4n) is 3.61. The van der Waals surface area contributed by atoms with Gasteiger partial charge in [0, 0.05) is 18.6 Å². The zero-order valence-electron chi connectivity index (χ0n) is 13.6. The third kappa shape index (κ3) is 3.83. The topological polar surface area (TPSA) is 15.3 Å². The molecule has 1 aromatic rings. The molecule has 1 aliphatic carbocycles. The van der Waals surface area contributed by atoms with Gasteiger partial charge in [0.05, 0.1) is 0 Å². The first-order valence-electron chi connectivity index (χ1n) is 8.13. The first kappa shape index (κ1) is 15.5. The Morgan fingerprint density at radius 1 is 1.15 bits per heavy atom. The van der Waals surface area contributed by atoms with Gasteiger partial charge in [-0.25, -0.2) is 0 Å². The zero-order valence-corrected chi connectivity index (χ0v) is 13.6. The van der Waals surface area contributed by atoms with Crippen molar-refractivity contribution in [2.45, 2.75) is 58.5 Å². The highest BCUT2D eigenvalue weighted by atomic mass is 15.2. The van der Waals surface area contributed by atoms with E-state index in [-0.39, 0.29) is 0 Å². The smallest absolute Gasteiger partial charge is 0.0447 e. The van der Waals surface area contributed by atoms with Gasteiger partial charge < -0.3 is 5.32 Å². The molecule has 1 unspecified atom stereocenters. The van der Waals surface area contributed by atoms with Crippen molar-refractivity contribution in [3.8, 4) is 0 Å². The average Bonchev–Trinajstić information content (AvgIpc) is 2.93. The van der Waals surface area contributed by atoms with Crippen molar-refractivity contribution in [1.82, 2.24) is 10.2 Å². The summed E-state index contributed by atoms with van der Waals surface area (Å²) in [5.41, 5.74) is 4.16. The van der Waals surface area contributed by atoms with Crippen molar-refractivity contribution < 1.29 is 0 Å². The summed E-state index contributed by atoms with van der Waals surface area (Å²) in [6, 6.07) is 8.16. The Morgan fingerprint density at radius 2 is 1.75 bits per heavy atom. The van der Waals surface area contributed by atoms with Crippen LogP contribution in [0.5, 0.6) is 0 Å². The van der Waals surface area contributed by atoms with Crippen molar-refractivity contribution >= 4 is 0 Å². The van der Waals surface area contributed by atoms with E-state index in [4.69, 9.17) is 0 Å². The molecular weight excluding hydrogens is 244 g/mol. The van der Waals surface area contributed by atoms with E-state index < -0.39 is 0 Å². The van der Waals surface area contributed by atoms with Crippen LogP contribution >= 0.6 is 0 Å². The van der Waals surface area contributed by atoms with Gasteiger partial charge in [-0.05, 0) is 45.8 Å². The van der Waals surface area contributed by atoms with Gasteiger partial charge in [-0.15, -0.1) is 0 Å². The number of hydrogen-bond acceptors (Lipinski definition) is 2. The molecule has 1 aliphatic rings. The van der Waals surface area contributed by atoms with Gasteiger partial charge in [-0.1, -0.05) is 49.1 Å². The molecule has 20 heavy (non-hydrogen) atoms. The fourth-order valence-corrected chi connectivity index (χ4v) is 3.61. The second-order valence-electron chi connectivity index (χ2n) is 6.29. The van der Waals surface area contributed by atoms with Crippen molar-refractivity contribution in [3.05, 3.63) is 34.9 Å². The highest BCUT2D eigenvalue weighted by molar-refractivity contribution is 5.30. The highest BCUT2D eigenvalue weighted by Gasteiger charge is 2.24. The third-order valence-electron chi connectivity index (χ3n) is 4.66. The monoisotopic (exact) mass is 274 g/mol. The van der Waals surface area contributed by atoms with Crippen LogP contribution in [0.3, 0.4) is 0 Å². The molecule has 0 aromatic heterocycles. The lowest BCUT2D eigenvalue weighted by atomic mass is 10.0. The van der Waals surface area contributed by atoms with Crippen LogP contribution in [0.15, 0.2) is 18.2 Å². The van der Waals surface area contributed by atoms with E-state index in [1.54, 1.807) is 0 Å². The van der Waals surface area contributed by atoms with E-state index in [1.807, 2.05) is 0 Å². The summed E-state index contributed by atoms with van der Waals surface area (Å²) in [5.74, 6) is 0. The van der Waals surface area contributed by atoms with Crippen LogP contribution in [0.25, 0.3) is 0 Å². The predicted molar refractivity (Wildman–Crippen MR) is 87.2 cm³/mol. The summed E-state index contributed by atoms with van der Waals surface area (Å²) in [7, 11) is 2.09. The molecule has 1 aromatic carbocycles. The van der Waals surface area contributed by atoms with E-state index in [9.17, 15) is 0 Å². The van der Waals surface area contributed by atoms with Crippen LogP contribution in [0.2, 0.25) is 0 Å². The number of aryl methyl sites for hydroxylation is 2. The Balaban J connectivity index is 2.10. The quantitative estimate of drug-likeness (QED) is 0.848. The molecule has 0 saturated heterocycles.